The normalized spacial score (nSPS) is 13.2. The van der Waals surface area contributed by atoms with E-state index in [1.807, 2.05) is 24.3 Å². The molecule has 0 N–H and O–H groups in total. The number of allylic oxidation sites excluding steroid dienone is 2. The van der Waals surface area contributed by atoms with Crippen LogP contribution in [0.2, 0.25) is 21.0 Å². The van der Waals surface area contributed by atoms with E-state index in [4.69, 9.17) is 9.15 Å². The maximum atomic E-state index is 5.44. The fourth-order valence-electron chi connectivity index (χ4n) is 2.27. The molecule has 2 nitrogen and oxygen atoms in total. The van der Waals surface area contributed by atoms with Crippen LogP contribution in [0, 0.1) is 0 Å². The average molecular weight is 323 g/mol. The van der Waals surface area contributed by atoms with Crippen molar-refractivity contribution in [2.24, 2.45) is 0 Å². The number of hydrogen-bond donors (Lipinski definition) is 0. The van der Waals surface area contributed by atoms with Crippen molar-refractivity contribution in [1.82, 2.24) is 0 Å². The predicted molar refractivity (Wildman–Crippen MR) is 84.8 cm³/mol. The summed E-state index contributed by atoms with van der Waals surface area (Å²) >= 11 is -1.63. The Kier molecular flexibility index (Phi) is 7.07. The van der Waals surface area contributed by atoms with Gasteiger partial charge in [0.2, 0.25) is 0 Å². The van der Waals surface area contributed by atoms with Crippen LogP contribution in [0.15, 0.2) is 40.7 Å². The molecule has 1 aromatic heterocycles. The number of furan rings is 1. The van der Waals surface area contributed by atoms with Gasteiger partial charge in [0.1, 0.15) is 0 Å². The summed E-state index contributed by atoms with van der Waals surface area (Å²) in [4.78, 5) is 0. The third-order valence-corrected chi connectivity index (χ3v) is 15.9. The van der Waals surface area contributed by atoms with Crippen LogP contribution in [-0.4, -0.2) is 20.4 Å². The summed E-state index contributed by atoms with van der Waals surface area (Å²) in [5.41, 5.74) is 0. The van der Waals surface area contributed by atoms with E-state index in [0.29, 0.717) is 0 Å². The van der Waals surface area contributed by atoms with Crippen molar-refractivity contribution in [2.75, 3.05) is 7.11 Å². The molecular weight excluding hydrogens is 297 g/mol. The summed E-state index contributed by atoms with van der Waals surface area (Å²) in [7, 11) is 1.73. The van der Waals surface area contributed by atoms with Gasteiger partial charge in [0.05, 0.1) is 0 Å². The summed E-state index contributed by atoms with van der Waals surface area (Å²) in [6, 6.07) is 3.83. The van der Waals surface area contributed by atoms with Gasteiger partial charge < -0.3 is 0 Å². The second kappa shape index (κ2) is 8.31. The van der Waals surface area contributed by atoms with Crippen LogP contribution >= 0.6 is 0 Å². The van der Waals surface area contributed by atoms with E-state index >= 15 is 0 Å². The minimum absolute atomic E-state index is 0.859. The summed E-state index contributed by atoms with van der Waals surface area (Å²) in [5, 5.41) is 5.42. The SMILES string of the molecule is C[CH2][Ge]([CH2]C)([CH2]C)[CH2]/C=C(\C=C\c1ccco1)OC. The number of ether oxygens (including phenoxy) is 1. The van der Waals surface area contributed by atoms with Gasteiger partial charge in [0.15, 0.2) is 0 Å². The second-order valence-electron chi connectivity index (χ2n) is 4.92. The molecule has 0 radical (unpaired) electrons. The summed E-state index contributed by atoms with van der Waals surface area (Å²) in [6.45, 7) is 7.06. The first kappa shape index (κ1) is 16.2. The van der Waals surface area contributed by atoms with E-state index in [1.165, 1.54) is 21.0 Å². The van der Waals surface area contributed by atoms with Crippen molar-refractivity contribution in [2.45, 2.75) is 41.8 Å². The summed E-state index contributed by atoms with van der Waals surface area (Å²) in [6.07, 6.45) is 7.90. The van der Waals surface area contributed by atoms with Gasteiger partial charge >= 0.3 is 119 Å². The van der Waals surface area contributed by atoms with E-state index in [0.717, 1.165) is 11.5 Å². The Balaban J connectivity index is 2.71. The molecule has 0 aromatic carbocycles. The molecule has 0 aliphatic heterocycles. The van der Waals surface area contributed by atoms with Gasteiger partial charge in [-0.05, 0) is 0 Å². The molecule has 0 aliphatic carbocycles. The quantitative estimate of drug-likeness (QED) is 0.366. The van der Waals surface area contributed by atoms with Crippen molar-refractivity contribution in [3.05, 3.63) is 42.1 Å². The van der Waals surface area contributed by atoms with Gasteiger partial charge in [-0.1, -0.05) is 0 Å². The molecule has 1 heterocycles. The fraction of sp³-hybridized carbons (Fsp3) is 0.500. The molecule has 1 rings (SSSR count). The van der Waals surface area contributed by atoms with Gasteiger partial charge in [0.25, 0.3) is 0 Å². The van der Waals surface area contributed by atoms with Crippen LogP contribution in [0.5, 0.6) is 0 Å². The first-order valence-corrected chi connectivity index (χ1v) is 13.1. The van der Waals surface area contributed by atoms with Gasteiger partial charge in [-0.3, -0.25) is 0 Å². The molecule has 0 spiro atoms. The molecule has 19 heavy (non-hydrogen) atoms. The average Bonchev–Trinajstić information content (AvgIpc) is 2.97. The standard InChI is InChI=1S/C16H26GeO2/c1-5-17(6-2,7-3)13-12-15(18-4)10-11-16-9-8-14-19-16/h8-12,14H,5-7,13H2,1-4H3/b11-10+,15-12+. The predicted octanol–water partition coefficient (Wildman–Crippen LogP) is 5.33. The Hall–Kier alpha value is -0.897. The molecule has 0 aliphatic rings. The van der Waals surface area contributed by atoms with Crippen LogP contribution in [0.25, 0.3) is 6.08 Å². The van der Waals surface area contributed by atoms with Crippen molar-refractivity contribution >= 4 is 19.3 Å². The first-order valence-electron chi connectivity index (χ1n) is 7.15. The zero-order valence-corrected chi connectivity index (χ0v) is 14.7. The fourth-order valence-corrected chi connectivity index (χ4v) is 8.56. The molecule has 0 atom stereocenters. The van der Waals surface area contributed by atoms with Crippen LogP contribution in [-0.2, 0) is 4.74 Å². The van der Waals surface area contributed by atoms with Gasteiger partial charge in [0, 0.05) is 0 Å². The van der Waals surface area contributed by atoms with Crippen molar-refractivity contribution in [3.8, 4) is 0 Å². The van der Waals surface area contributed by atoms with E-state index < -0.39 is 13.3 Å². The van der Waals surface area contributed by atoms with E-state index in [9.17, 15) is 0 Å². The van der Waals surface area contributed by atoms with Crippen molar-refractivity contribution in [1.29, 1.82) is 0 Å². The second-order valence-corrected chi connectivity index (χ2v) is 16.5. The molecule has 1 aromatic rings. The maximum absolute atomic E-state index is 5.44. The first-order chi connectivity index (χ1) is 9.19. The van der Waals surface area contributed by atoms with Crippen molar-refractivity contribution in [3.63, 3.8) is 0 Å². The molecule has 3 heteroatoms. The summed E-state index contributed by atoms with van der Waals surface area (Å²) in [5.74, 6) is 1.80. The van der Waals surface area contributed by atoms with Crippen molar-refractivity contribution < 1.29 is 9.15 Å². The van der Waals surface area contributed by atoms with Crippen LogP contribution in [0.1, 0.15) is 26.5 Å². The third-order valence-electron chi connectivity index (χ3n) is 4.18. The Bertz CT molecular complexity index is 392. The summed E-state index contributed by atoms with van der Waals surface area (Å²) < 4.78 is 10.7. The zero-order chi connectivity index (χ0) is 14.1. The topological polar surface area (TPSA) is 22.4 Å². The Morgan fingerprint density at radius 2 is 1.95 bits per heavy atom. The van der Waals surface area contributed by atoms with Gasteiger partial charge in [-0.15, -0.1) is 0 Å². The number of methoxy groups -OCH3 is 1. The Morgan fingerprint density at radius 3 is 2.42 bits per heavy atom. The third kappa shape index (κ3) is 4.94. The molecule has 0 saturated carbocycles. The van der Waals surface area contributed by atoms with Gasteiger partial charge in [-0.2, -0.15) is 0 Å². The van der Waals surface area contributed by atoms with Crippen LogP contribution in [0.3, 0.4) is 0 Å². The minimum atomic E-state index is -1.63. The van der Waals surface area contributed by atoms with E-state index in [2.05, 4.69) is 26.8 Å². The van der Waals surface area contributed by atoms with E-state index in [1.54, 1.807) is 13.4 Å². The molecular formula is C16H26GeO2. The Labute approximate surface area is 119 Å². The zero-order valence-electron chi connectivity index (χ0n) is 12.6. The molecule has 106 valence electrons. The Morgan fingerprint density at radius 1 is 1.26 bits per heavy atom. The van der Waals surface area contributed by atoms with Crippen LogP contribution in [0.4, 0.5) is 0 Å². The van der Waals surface area contributed by atoms with Crippen LogP contribution < -0.4 is 0 Å². The molecule has 0 fully saturated rings. The van der Waals surface area contributed by atoms with Gasteiger partial charge in [-0.25, -0.2) is 0 Å². The molecule has 0 saturated heterocycles. The van der Waals surface area contributed by atoms with E-state index in [-0.39, 0.29) is 0 Å². The molecule has 0 amide bonds. The molecule has 0 unspecified atom stereocenters. The monoisotopic (exact) mass is 324 g/mol. The number of rotatable bonds is 8. The molecule has 0 bridgehead atoms. The number of hydrogen-bond acceptors (Lipinski definition) is 2.